The Balaban J connectivity index is 2.09. The summed E-state index contributed by atoms with van der Waals surface area (Å²) in [4.78, 5) is 8.83. The highest BCUT2D eigenvalue weighted by Gasteiger charge is 2.09. The van der Waals surface area contributed by atoms with Crippen LogP contribution in [0.4, 0.5) is 5.13 Å². The zero-order chi connectivity index (χ0) is 13.0. The highest BCUT2D eigenvalue weighted by atomic mass is 35.5. The van der Waals surface area contributed by atoms with Crippen LogP contribution in [-0.4, -0.2) is 9.97 Å². The molecule has 0 aromatic carbocycles. The lowest BCUT2D eigenvalue weighted by Gasteiger charge is -2.06. The molecular weight excluding hydrogens is 268 g/mol. The summed E-state index contributed by atoms with van der Waals surface area (Å²) in [6, 6.07) is 5.99. The first-order chi connectivity index (χ1) is 8.74. The van der Waals surface area contributed by atoms with Gasteiger partial charge in [-0.25, -0.2) is 4.98 Å². The number of halogens is 1. The molecule has 2 rings (SSSR count). The number of hydrogen-bond acceptors (Lipinski definition) is 5. The summed E-state index contributed by atoms with van der Waals surface area (Å²) in [5.74, 6) is 0. The summed E-state index contributed by atoms with van der Waals surface area (Å²) in [6.07, 6.45) is 2.71. The Hall–Kier alpha value is -1.64. The molecule has 0 unspecified atom stereocenters. The number of nitrogens with one attached hydrogen (secondary N) is 1. The average molecular weight is 279 g/mol. The zero-order valence-corrected chi connectivity index (χ0v) is 11.3. The van der Waals surface area contributed by atoms with Crippen molar-refractivity contribution in [2.24, 2.45) is 0 Å². The van der Waals surface area contributed by atoms with Gasteiger partial charge < -0.3 is 5.32 Å². The molecule has 92 valence electrons. The van der Waals surface area contributed by atoms with E-state index in [0.717, 1.165) is 12.1 Å². The molecule has 0 saturated heterocycles. The number of hydrogen-bond donors (Lipinski definition) is 1. The maximum atomic E-state index is 8.80. The smallest absolute Gasteiger partial charge is 0.185 e. The van der Waals surface area contributed by atoms with E-state index in [1.807, 2.05) is 12.1 Å². The lowest BCUT2D eigenvalue weighted by molar-refractivity contribution is 0.969. The number of nitrogens with zero attached hydrogens (tertiary/aromatic N) is 3. The molecule has 18 heavy (non-hydrogen) atoms. The van der Waals surface area contributed by atoms with Crippen molar-refractivity contribution < 1.29 is 0 Å². The van der Waals surface area contributed by atoms with E-state index < -0.39 is 0 Å². The van der Waals surface area contributed by atoms with Crippen molar-refractivity contribution in [3.8, 4) is 6.07 Å². The second kappa shape index (κ2) is 5.80. The Bertz CT molecular complexity index is 588. The molecule has 2 aromatic heterocycles. The van der Waals surface area contributed by atoms with Crippen LogP contribution in [0.25, 0.3) is 0 Å². The van der Waals surface area contributed by atoms with Gasteiger partial charge in [-0.1, -0.05) is 35.9 Å². The number of nitriles is 1. The van der Waals surface area contributed by atoms with Crippen LogP contribution in [0.5, 0.6) is 0 Å². The molecule has 6 heteroatoms. The largest absolute Gasteiger partial charge is 0.356 e. The third-order valence-corrected chi connectivity index (χ3v) is 3.76. The second-order valence-corrected chi connectivity index (χ2v) is 4.92. The predicted octanol–water partition coefficient (Wildman–Crippen LogP) is 3.24. The van der Waals surface area contributed by atoms with Gasteiger partial charge in [0.15, 0.2) is 10.3 Å². The Morgan fingerprint density at radius 1 is 1.56 bits per heavy atom. The van der Waals surface area contributed by atoms with E-state index in [2.05, 4.69) is 28.3 Å². The molecule has 0 spiro atoms. The first kappa shape index (κ1) is 12.8. The van der Waals surface area contributed by atoms with Crippen molar-refractivity contribution in [2.45, 2.75) is 19.9 Å². The van der Waals surface area contributed by atoms with Crippen molar-refractivity contribution in [3.63, 3.8) is 0 Å². The topological polar surface area (TPSA) is 61.6 Å². The fourth-order valence-corrected chi connectivity index (χ4v) is 2.50. The molecule has 0 saturated carbocycles. The summed E-state index contributed by atoms with van der Waals surface area (Å²) < 4.78 is 0. The van der Waals surface area contributed by atoms with Crippen molar-refractivity contribution in [3.05, 3.63) is 39.6 Å². The number of rotatable bonds is 4. The van der Waals surface area contributed by atoms with Gasteiger partial charge in [0.05, 0.1) is 12.2 Å². The van der Waals surface area contributed by atoms with Crippen molar-refractivity contribution in [1.82, 2.24) is 9.97 Å². The van der Waals surface area contributed by atoms with Crippen LogP contribution in [-0.2, 0) is 13.0 Å². The van der Waals surface area contributed by atoms with E-state index in [0.29, 0.717) is 16.6 Å². The van der Waals surface area contributed by atoms with Gasteiger partial charge in [0.25, 0.3) is 0 Å². The number of thiazole rings is 1. The highest BCUT2D eigenvalue weighted by Crippen LogP contribution is 2.26. The lowest BCUT2D eigenvalue weighted by atomic mass is 10.1. The van der Waals surface area contributed by atoms with Gasteiger partial charge in [-0.2, -0.15) is 5.26 Å². The first-order valence-corrected chi connectivity index (χ1v) is 6.67. The van der Waals surface area contributed by atoms with Crippen molar-refractivity contribution in [1.29, 1.82) is 5.26 Å². The molecule has 0 radical (unpaired) electrons. The number of aryl methyl sites for hydroxylation is 1. The Morgan fingerprint density at radius 2 is 2.39 bits per heavy atom. The number of pyridine rings is 1. The average Bonchev–Trinajstić information content (AvgIpc) is 2.77. The fraction of sp³-hybridized carbons (Fsp3) is 0.250. The third kappa shape index (κ3) is 2.78. The summed E-state index contributed by atoms with van der Waals surface area (Å²) in [5, 5.41) is 12.8. The minimum atomic E-state index is 0.252. The summed E-state index contributed by atoms with van der Waals surface area (Å²) in [7, 11) is 0. The van der Waals surface area contributed by atoms with Gasteiger partial charge in [0.1, 0.15) is 10.9 Å². The molecule has 1 N–H and O–H groups in total. The number of anilines is 1. The summed E-state index contributed by atoms with van der Waals surface area (Å²) >= 11 is 7.06. The van der Waals surface area contributed by atoms with Gasteiger partial charge in [-0.15, -0.1) is 0 Å². The normalized spacial score (nSPS) is 10.1. The lowest BCUT2D eigenvalue weighted by Crippen LogP contribution is -2.04. The SMILES string of the molecule is CCc1cccnc1CNc1nc(Cl)c(C#N)s1. The van der Waals surface area contributed by atoms with E-state index in [9.17, 15) is 0 Å². The van der Waals surface area contributed by atoms with Gasteiger partial charge >= 0.3 is 0 Å². The molecule has 0 aliphatic carbocycles. The van der Waals surface area contributed by atoms with Crippen LogP contribution in [0.2, 0.25) is 5.15 Å². The summed E-state index contributed by atoms with van der Waals surface area (Å²) in [5.41, 5.74) is 2.19. The van der Waals surface area contributed by atoms with Crippen LogP contribution in [0.3, 0.4) is 0 Å². The summed E-state index contributed by atoms with van der Waals surface area (Å²) in [6.45, 7) is 2.67. The fourth-order valence-electron chi connectivity index (χ4n) is 1.56. The molecule has 4 nitrogen and oxygen atoms in total. The van der Waals surface area contributed by atoms with Gasteiger partial charge in [-0.3, -0.25) is 4.98 Å². The van der Waals surface area contributed by atoms with E-state index in [-0.39, 0.29) is 5.15 Å². The molecule has 0 aliphatic rings. The van der Waals surface area contributed by atoms with E-state index >= 15 is 0 Å². The highest BCUT2D eigenvalue weighted by molar-refractivity contribution is 7.16. The second-order valence-electron chi connectivity index (χ2n) is 3.57. The van der Waals surface area contributed by atoms with Crippen LogP contribution in [0, 0.1) is 11.3 Å². The molecule has 0 atom stereocenters. The quantitative estimate of drug-likeness (QED) is 0.933. The minimum absolute atomic E-state index is 0.252. The van der Waals surface area contributed by atoms with Gasteiger partial charge in [0.2, 0.25) is 0 Å². The Labute approximate surface area is 114 Å². The third-order valence-electron chi connectivity index (χ3n) is 2.46. The maximum Gasteiger partial charge on any atom is 0.185 e. The standard InChI is InChI=1S/C12H11ClN4S/c1-2-8-4-3-5-15-9(8)7-16-12-17-11(13)10(6-14)18-12/h3-5H,2,7H2,1H3,(H,16,17). The molecule has 0 aliphatic heterocycles. The van der Waals surface area contributed by atoms with E-state index in [4.69, 9.17) is 16.9 Å². The molecule has 2 heterocycles. The van der Waals surface area contributed by atoms with Gasteiger partial charge in [0, 0.05) is 6.20 Å². The molecule has 0 fully saturated rings. The molecule has 0 amide bonds. The van der Waals surface area contributed by atoms with Crippen molar-refractivity contribution in [2.75, 3.05) is 5.32 Å². The molecule has 2 aromatic rings. The monoisotopic (exact) mass is 278 g/mol. The van der Waals surface area contributed by atoms with E-state index in [1.54, 1.807) is 6.20 Å². The van der Waals surface area contributed by atoms with Crippen LogP contribution in [0.1, 0.15) is 23.1 Å². The molecular formula is C12H11ClN4S. The Morgan fingerprint density at radius 3 is 3.06 bits per heavy atom. The van der Waals surface area contributed by atoms with Gasteiger partial charge in [-0.05, 0) is 18.1 Å². The van der Waals surface area contributed by atoms with Crippen molar-refractivity contribution >= 4 is 28.1 Å². The van der Waals surface area contributed by atoms with E-state index in [1.165, 1.54) is 16.9 Å². The molecule has 0 bridgehead atoms. The maximum absolute atomic E-state index is 8.80. The predicted molar refractivity (Wildman–Crippen MR) is 72.8 cm³/mol. The van der Waals surface area contributed by atoms with Crippen LogP contribution < -0.4 is 5.32 Å². The number of aromatic nitrogens is 2. The van der Waals surface area contributed by atoms with Crippen LogP contribution in [0.15, 0.2) is 18.3 Å². The first-order valence-electron chi connectivity index (χ1n) is 5.47. The Kier molecular flexibility index (Phi) is 4.13. The van der Waals surface area contributed by atoms with Crippen LogP contribution >= 0.6 is 22.9 Å². The zero-order valence-electron chi connectivity index (χ0n) is 9.77. The minimum Gasteiger partial charge on any atom is -0.356 e.